The zero-order valence-corrected chi connectivity index (χ0v) is 33.3. The van der Waals surface area contributed by atoms with Crippen molar-refractivity contribution in [2.45, 2.75) is 0 Å². The normalized spacial score (nSPS) is 13.1. The lowest BCUT2D eigenvalue weighted by molar-refractivity contribution is 0.669. The van der Waals surface area contributed by atoms with Crippen molar-refractivity contribution in [1.82, 2.24) is 9.05 Å². The number of benzene rings is 10. The van der Waals surface area contributed by atoms with Gasteiger partial charge in [-0.05, 0) is 108 Å². The molecule has 0 N–H and O–H groups in total. The predicted octanol–water partition coefficient (Wildman–Crippen LogP) is 13.9. The topological polar surface area (TPSA) is 23.0 Å². The zero-order valence-electron chi connectivity index (χ0n) is 33.3. The molecule has 0 saturated carbocycles. The van der Waals surface area contributed by atoms with Gasteiger partial charge in [0.1, 0.15) is 11.2 Å². The highest BCUT2D eigenvalue weighted by molar-refractivity contribution is 6.90. The third kappa shape index (κ3) is 3.69. The maximum atomic E-state index is 6.97. The Hall–Kier alpha value is -8.08. The number of nitrogens with zero attached hydrogens (tertiary/aromatic N) is 2. The lowest BCUT2D eigenvalue weighted by atomic mass is 9.45. The second-order valence-corrected chi connectivity index (χ2v) is 17.5. The Bertz CT molecular complexity index is 4210. The minimum atomic E-state index is -0.102. The second kappa shape index (κ2) is 11.0. The third-order valence-corrected chi connectivity index (χ3v) is 14.6. The fraction of sp³-hybridized carbons (Fsp3) is 0. The van der Waals surface area contributed by atoms with Gasteiger partial charge in [-0.15, -0.1) is 0 Å². The van der Waals surface area contributed by atoms with Crippen LogP contribution in [0.1, 0.15) is 0 Å². The molecule has 0 unspecified atom stereocenters. The fourth-order valence-corrected chi connectivity index (χ4v) is 12.2. The molecule has 0 amide bonds. The van der Waals surface area contributed by atoms with Gasteiger partial charge in [0.25, 0.3) is 0 Å². The van der Waals surface area contributed by atoms with E-state index in [1.807, 2.05) is 0 Å². The molecule has 16 rings (SSSR count). The summed E-state index contributed by atoms with van der Waals surface area (Å²) in [6, 6.07) is 70.2. The van der Waals surface area contributed by atoms with Crippen molar-refractivity contribution in [3.05, 3.63) is 188 Å². The molecule has 13 aromatic rings. The quantitative estimate of drug-likeness (QED) is 0.160. The number of furan rings is 1. The highest BCUT2D eigenvalue weighted by atomic mass is 16.3. The summed E-state index contributed by atoms with van der Waals surface area (Å²) < 4.78 is 12.3. The molecule has 0 spiro atoms. The summed E-state index contributed by atoms with van der Waals surface area (Å²) in [6.07, 6.45) is 0. The Morgan fingerprint density at radius 1 is 0.387 bits per heavy atom. The molecule has 5 heterocycles. The third-order valence-electron chi connectivity index (χ3n) is 14.6. The first-order valence-corrected chi connectivity index (χ1v) is 21.6. The molecule has 0 radical (unpaired) electrons. The van der Waals surface area contributed by atoms with E-state index in [1.54, 1.807) is 0 Å². The molecule has 282 valence electrons. The first kappa shape index (κ1) is 31.8. The second-order valence-electron chi connectivity index (χ2n) is 17.5. The molecular formula is C58H31BN2O. The van der Waals surface area contributed by atoms with E-state index < -0.39 is 0 Å². The van der Waals surface area contributed by atoms with E-state index in [9.17, 15) is 0 Å². The number of para-hydroxylation sites is 1. The average Bonchev–Trinajstić information content (AvgIpc) is 3.97. The average molecular weight is 783 g/mol. The van der Waals surface area contributed by atoms with Gasteiger partial charge in [0.2, 0.25) is 0 Å². The minimum absolute atomic E-state index is 0.102. The number of hydrogen-bond acceptors (Lipinski definition) is 1. The van der Waals surface area contributed by atoms with Gasteiger partial charge in [-0.25, -0.2) is 0 Å². The van der Waals surface area contributed by atoms with Gasteiger partial charge in [-0.1, -0.05) is 146 Å². The standard InChI is InChI=1S/C58H31BN2O/c1-3-13-32(14-4-1)34-25-26-46-42(27-34)43-28-36(33-15-5-2-6-16-33)29-44-54-53-41-20-9-10-24-49(41)62-50(53)31-48-56(54)59(61(46)57(43)44)45-30-35-17-11-21-39-37-18-7-8-19-38(37)40-22-12-23-47-52(40)55(51(35)39)58(45)60(47)48/h1-31H. The molecule has 0 fully saturated rings. The number of rotatable bonds is 2. The molecule has 2 aliphatic heterocycles. The van der Waals surface area contributed by atoms with Crippen LogP contribution in [0.15, 0.2) is 192 Å². The Labute approximate surface area is 355 Å². The van der Waals surface area contributed by atoms with Gasteiger partial charge in [0.15, 0.2) is 0 Å². The zero-order chi connectivity index (χ0) is 39.9. The van der Waals surface area contributed by atoms with Crippen molar-refractivity contribution in [2.75, 3.05) is 0 Å². The van der Waals surface area contributed by atoms with Gasteiger partial charge >= 0.3 is 6.85 Å². The van der Waals surface area contributed by atoms with Crippen molar-refractivity contribution in [1.29, 1.82) is 0 Å². The predicted molar refractivity (Wildman–Crippen MR) is 260 cm³/mol. The van der Waals surface area contributed by atoms with Crippen LogP contribution in [0.4, 0.5) is 0 Å². The molecule has 10 aromatic carbocycles. The van der Waals surface area contributed by atoms with Crippen LogP contribution in [-0.4, -0.2) is 15.9 Å². The van der Waals surface area contributed by atoms with Crippen LogP contribution in [0.2, 0.25) is 0 Å². The molecule has 3 aliphatic rings. The first-order valence-electron chi connectivity index (χ1n) is 21.6. The lowest BCUT2D eigenvalue weighted by Gasteiger charge is -2.35. The maximum absolute atomic E-state index is 6.97. The van der Waals surface area contributed by atoms with Crippen LogP contribution in [0.3, 0.4) is 0 Å². The van der Waals surface area contributed by atoms with Gasteiger partial charge in [0.05, 0.1) is 11.0 Å². The van der Waals surface area contributed by atoms with Crippen molar-refractivity contribution in [2.24, 2.45) is 0 Å². The van der Waals surface area contributed by atoms with Crippen molar-refractivity contribution in [3.8, 4) is 61.3 Å². The Morgan fingerprint density at radius 3 is 1.90 bits per heavy atom. The van der Waals surface area contributed by atoms with Crippen LogP contribution in [0.25, 0.3) is 138 Å². The molecule has 4 heteroatoms. The van der Waals surface area contributed by atoms with Crippen LogP contribution in [0.5, 0.6) is 0 Å². The summed E-state index contributed by atoms with van der Waals surface area (Å²) in [5, 5.41) is 10.2. The maximum Gasteiger partial charge on any atom is 0.333 e. The Balaban J connectivity index is 1.17. The summed E-state index contributed by atoms with van der Waals surface area (Å²) in [6.45, 7) is -0.102. The molecule has 0 bridgehead atoms. The fourth-order valence-electron chi connectivity index (χ4n) is 12.2. The molecular weight excluding hydrogens is 751 g/mol. The Kier molecular flexibility index (Phi) is 5.64. The molecule has 1 aliphatic carbocycles. The lowest BCUT2D eigenvalue weighted by Crippen LogP contribution is -2.55. The van der Waals surface area contributed by atoms with Crippen LogP contribution >= 0.6 is 0 Å². The Morgan fingerprint density at radius 2 is 1.08 bits per heavy atom. The van der Waals surface area contributed by atoms with E-state index in [1.165, 1.54) is 132 Å². The summed E-state index contributed by atoms with van der Waals surface area (Å²) in [4.78, 5) is 0. The van der Waals surface area contributed by atoms with E-state index in [-0.39, 0.29) is 6.85 Å². The SMILES string of the molecule is c1ccc(-c2ccc3c(c2)c2cc(-c4ccccc4)cc4c2n3B2c3c(cc5oc6ccccc6c5c3-4)-n3c4cccc5c4c4c6c(cccc6cc2c43)-c2ccccc2-5)cc1. The monoisotopic (exact) mass is 782 g/mol. The van der Waals surface area contributed by atoms with Crippen LogP contribution in [-0.2, 0) is 0 Å². The van der Waals surface area contributed by atoms with E-state index in [0.717, 1.165) is 16.6 Å². The highest BCUT2D eigenvalue weighted by Gasteiger charge is 2.44. The molecule has 62 heavy (non-hydrogen) atoms. The van der Waals surface area contributed by atoms with Gasteiger partial charge in [-0.3, -0.25) is 0 Å². The largest absolute Gasteiger partial charge is 0.456 e. The van der Waals surface area contributed by atoms with E-state index in [0.29, 0.717) is 0 Å². The number of aromatic nitrogens is 2. The summed E-state index contributed by atoms with van der Waals surface area (Å²) in [7, 11) is 0. The number of fused-ring (bicyclic) bond motifs is 15. The first-order chi connectivity index (χ1) is 30.8. The molecule has 3 aromatic heterocycles. The molecule has 0 saturated heterocycles. The van der Waals surface area contributed by atoms with E-state index in [2.05, 4.69) is 197 Å². The van der Waals surface area contributed by atoms with Crippen LogP contribution in [0, 0.1) is 0 Å². The molecule has 3 nitrogen and oxygen atoms in total. The smallest absolute Gasteiger partial charge is 0.333 e. The van der Waals surface area contributed by atoms with Crippen molar-refractivity contribution < 1.29 is 4.42 Å². The van der Waals surface area contributed by atoms with Crippen molar-refractivity contribution in [3.63, 3.8) is 0 Å². The van der Waals surface area contributed by atoms with Gasteiger partial charge in [-0.2, -0.15) is 0 Å². The van der Waals surface area contributed by atoms with Crippen molar-refractivity contribution >= 4 is 94.1 Å². The molecule has 0 atom stereocenters. The van der Waals surface area contributed by atoms with E-state index >= 15 is 0 Å². The number of hydrogen-bond donors (Lipinski definition) is 0. The minimum Gasteiger partial charge on any atom is -0.456 e. The summed E-state index contributed by atoms with van der Waals surface area (Å²) in [5.41, 5.74) is 23.3. The van der Waals surface area contributed by atoms with Gasteiger partial charge in [0, 0.05) is 60.7 Å². The summed E-state index contributed by atoms with van der Waals surface area (Å²) in [5.74, 6) is 0. The van der Waals surface area contributed by atoms with Gasteiger partial charge < -0.3 is 13.5 Å². The highest BCUT2D eigenvalue weighted by Crippen LogP contribution is 2.53. The van der Waals surface area contributed by atoms with E-state index in [4.69, 9.17) is 4.42 Å². The van der Waals surface area contributed by atoms with Crippen LogP contribution < -0.4 is 10.9 Å². The summed E-state index contributed by atoms with van der Waals surface area (Å²) >= 11 is 0.